The first kappa shape index (κ1) is 23.3. The second-order valence-corrected chi connectivity index (χ2v) is 8.15. The maximum atomic E-state index is 15.1. The molecule has 2 saturated heterocycles. The van der Waals surface area contributed by atoms with Gasteiger partial charge < -0.3 is 25.2 Å². The van der Waals surface area contributed by atoms with Crippen LogP contribution in [0.2, 0.25) is 0 Å². The number of nitrogens with two attached hydrogens (primary N) is 1. The zero-order valence-electron chi connectivity index (χ0n) is 18.9. The quantitative estimate of drug-likeness (QED) is 0.468. The maximum absolute atomic E-state index is 15.1. The molecule has 0 bridgehead atoms. The molecule has 2 aliphatic rings. The molecule has 4 N–H and O–H groups in total. The van der Waals surface area contributed by atoms with E-state index in [1.165, 1.54) is 33.3 Å². The zero-order chi connectivity index (χ0) is 25.2. The SMILES string of the molecule is Nc1ccn(C(=O)N2CCN(c3c(F)cc(N4C[C@H](CNc5ccon5)OC4=O)cc3F)CCN2)n1. The van der Waals surface area contributed by atoms with Crippen molar-refractivity contribution < 1.29 is 27.6 Å². The summed E-state index contributed by atoms with van der Waals surface area (Å²) in [5.74, 6) is -0.987. The van der Waals surface area contributed by atoms with Crippen LogP contribution in [-0.4, -0.2) is 77.4 Å². The highest BCUT2D eigenvalue weighted by Gasteiger charge is 2.34. The molecular formula is C21H23F2N9O4. The number of hydrogen-bond acceptors (Lipinski definition) is 10. The summed E-state index contributed by atoms with van der Waals surface area (Å²) >= 11 is 0. The molecule has 190 valence electrons. The van der Waals surface area contributed by atoms with Gasteiger partial charge in [0.05, 0.1) is 25.3 Å². The molecule has 36 heavy (non-hydrogen) atoms. The van der Waals surface area contributed by atoms with Gasteiger partial charge in [-0.2, -0.15) is 4.68 Å². The fourth-order valence-electron chi connectivity index (χ4n) is 4.06. The molecule has 1 aromatic carbocycles. The Hall–Kier alpha value is -4.40. The van der Waals surface area contributed by atoms with E-state index in [0.29, 0.717) is 5.82 Å². The van der Waals surface area contributed by atoms with Crippen molar-refractivity contribution in [2.75, 3.05) is 60.1 Å². The molecule has 5 rings (SSSR count). The van der Waals surface area contributed by atoms with Gasteiger partial charge in [0.2, 0.25) is 0 Å². The lowest BCUT2D eigenvalue weighted by Gasteiger charge is -2.25. The van der Waals surface area contributed by atoms with E-state index in [2.05, 4.69) is 21.0 Å². The summed E-state index contributed by atoms with van der Waals surface area (Å²) in [6.07, 6.45) is 1.57. The predicted molar refractivity (Wildman–Crippen MR) is 123 cm³/mol. The number of benzene rings is 1. The number of aromatic nitrogens is 3. The number of nitrogens with one attached hydrogen (secondary N) is 2. The zero-order valence-corrected chi connectivity index (χ0v) is 18.9. The van der Waals surface area contributed by atoms with Crippen molar-refractivity contribution >= 4 is 35.1 Å². The number of hydrazine groups is 1. The number of anilines is 4. The van der Waals surface area contributed by atoms with Gasteiger partial charge in [0, 0.05) is 50.1 Å². The first-order valence-electron chi connectivity index (χ1n) is 11.1. The Morgan fingerprint density at radius 1 is 1.22 bits per heavy atom. The number of cyclic esters (lactones) is 1. The third kappa shape index (κ3) is 4.72. The molecule has 13 nitrogen and oxygen atoms in total. The average Bonchev–Trinajstić information content (AvgIpc) is 3.56. The molecule has 2 fully saturated rings. The lowest BCUT2D eigenvalue weighted by molar-refractivity contribution is 0.147. The van der Waals surface area contributed by atoms with Gasteiger partial charge in [-0.15, -0.1) is 5.10 Å². The predicted octanol–water partition coefficient (Wildman–Crippen LogP) is 1.46. The Morgan fingerprint density at radius 3 is 2.72 bits per heavy atom. The smallest absolute Gasteiger partial charge is 0.414 e. The van der Waals surface area contributed by atoms with Crippen molar-refractivity contribution in [1.82, 2.24) is 25.4 Å². The molecule has 1 atom stereocenters. The second kappa shape index (κ2) is 9.69. The molecule has 2 aromatic heterocycles. The molecule has 0 aliphatic carbocycles. The normalized spacial score (nSPS) is 18.3. The van der Waals surface area contributed by atoms with Gasteiger partial charge in [0.25, 0.3) is 0 Å². The van der Waals surface area contributed by atoms with Gasteiger partial charge in [-0.3, -0.25) is 9.91 Å². The molecule has 0 unspecified atom stereocenters. The van der Waals surface area contributed by atoms with Crippen LogP contribution in [0.3, 0.4) is 0 Å². The Bertz CT molecular complexity index is 1230. The standard InChI is InChI=1S/C21H23F2N9O4/c22-15-9-13(30-12-14(36-21(30)34)11-25-18-2-8-35-28-18)10-16(23)19(15)29-5-3-26-31(7-6-29)20(33)32-4-1-17(24)27-32/h1-2,4,8-10,14,26H,3,5-7,11-12H2,(H2,24,27)(H,25,28)/t14-/m0/s1. The number of halogens is 2. The summed E-state index contributed by atoms with van der Waals surface area (Å²) in [4.78, 5) is 27.6. The van der Waals surface area contributed by atoms with E-state index in [1.807, 2.05) is 0 Å². The van der Waals surface area contributed by atoms with Crippen LogP contribution in [0.4, 0.5) is 41.4 Å². The average molecular weight is 503 g/mol. The molecular weight excluding hydrogens is 480 g/mol. The van der Waals surface area contributed by atoms with E-state index in [0.717, 1.165) is 16.8 Å². The summed E-state index contributed by atoms with van der Waals surface area (Å²) in [5.41, 5.74) is 8.29. The first-order valence-corrected chi connectivity index (χ1v) is 11.1. The minimum atomic E-state index is -0.832. The van der Waals surface area contributed by atoms with Crippen LogP contribution in [0.15, 0.2) is 41.2 Å². The molecule has 3 aromatic rings. The van der Waals surface area contributed by atoms with E-state index >= 15 is 8.78 Å². The van der Waals surface area contributed by atoms with E-state index < -0.39 is 29.9 Å². The highest BCUT2D eigenvalue weighted by Crippen LogP contribution is 2.31. The third-order valence-electron chi connectivity index (χ3n) is 5.77. The third-order valence-corrected chi connectivity index (χ3v) is 5.77. The van der Waals surface area contributed by atoms with Crippen LogP contribution in [0.1, 0.15) is 0 Å². The number of nitrogen functional groups attached to an aromatic ring is 1. The van der Waals surface area contributed by atoms with Crippen molar-refractivity contribution in [2.24, 2.45) is 0 Å². The summed E-state index contributed by atoms with van der Waals surface area (Å²) in [5, 5.41) is 11.9. The first-order chi connectivity index (χ1) is 17.4. The monoisotopic (exact) mass is 503 g/mol. The number of carbonyl (C=O) groups excluding carboxylic acids is 2. The molecule has 2 amide bonds. The minimum absolute atomic E-state index is 0.0451. The Labute approximate surface area is 203 Å². The lowest BCUT2D eigenvalue weighted by atomic mass is 10.2. The molecule has 4 heterocycles. The summed E-state index contributed by atoms with van der Waals surface area (Å²) in [7, 11) is 0. The Kier molecular flexibility index (Phi) is 6.28. The van der Waals surface area contributed by atoms with Crippen LogP contribution in [0.25, 0.3) is 0 Å². The van der Waals surface area contributed by atoms with Crippen molar-refractivity contribution in [1.29, 1.82) is 0 Å². The van der Waals surface area contributed by atoms with Crippen LogP contribution in [0.5, 0.6) is 0 Å². The number of nitrogens with zero attached hydrogens (tertiary/aromatic N) is 6. The second-order valence-electron chi connectivity index (χ2n) is 8.15. The van der Waals surface area contributed by atoms with Crippen LogP contribution < -0.4 is 26.3 Å². The fourth-order valence-corrected chi connectivity index (χ4v) is 4.06. The van der Waals surface area contributed by atoms with E-state index in [4.69, 9.17) is 15.0 Å². The number of carbonyl (C=O) groups is 2. The fraction of sp³-hybridized carbons (Fsp3) is 0.333. The molecule has 2 aliphatic heterocycles. The van der Waals surface area contributed by atoms with E-state index in [-0.39, 0.29) is 56.5 Å². The summed E-state index contributed by atoms with van der Waals surface area (Å²) in [6.45, 7) is 1.13. The number of hydrogen-bond donors (Lipinski definition) is 3. The highest BCUT2D eigenvalue weighted by atomic mass is 19.1. The van der Waals surface area contributed by atoms with E-state index in [9.17, 15) is 9.59 Å². The highest BCUT2D eigenvalue weighted by molar-refractivity contribution is 5.90. The number of rotatable bonds is 5. The van der Waals surface area contributed by atoms with Gasteiger partial charge in [-0.25, -0.2) is 23.8 Å². The minimum Gasteiger partial charge on any atom is -0.442 e. The van der Waals surface area contributed by atoms with Gasteiger partial charge in [-0.05, 0) is 0 Å². The summed E-state index contributed by atoms with van der Waals surface area (Å²) in [6, 6.07) is 4.82. The molecule has 0 radical (unpaired) electrons. The molecule has 0 saturated carbocycles. The van der Waals surface area contributed by atoms with Gasteiger partial charge in [-0.1, -0.05) is 5.16 Å². The van der Waals surface area contributed by atoms with Crippen molar-refractivity contribution in [3.63, 3.8) is 0 Å². The van der Waals surface area contributed by atoms with Crippen LogP contribution in [0, 0.1) is 11.6 Å². The van der Waals surface area contributed by atoms with Crippen LogP contribution >= 0.6 is 0 Å². The molecule has 15 heteroatoms. The van der Waals surface area contributed by atoms with Gasteiger partial charge >= 0.3 is 12.1 Å². The largest absolute Gasteiger partial charge is 0.442 e. The van der Waals surface area contributed by atoms with E-state index in [1.54, 1.807) is 6.07 Å². The summed E-state index contributed by atoms with van der Waals surface area (Å²) < 4.78 is 41.4. The maximum Gasteiger partial charge on any atom is 0.414 e. The lowest BCUT2D eigenvalue weighted by Crippen LogP contribution is -2.46. The van der Waals surface area contributed by atoms with Crippen molar-refractivity contribution in [3.8, 4) is 0 Å². The Balaban J connectivity index is 1.25. The molecule has 0 spiro atoms. The topological polar surface area (TPSA) is 147 Å². The van der Waals surface area contributed by atoms with Crippen molar-refractivity contribution in [3.05, 3.63) is 48.4 Å². The number of ether oxygens (including phenoxy) is 1. The number of amides is 2. The van der Waals surface area contributed by atoms with Gasteiger partial charge in [0.15, 0.2) is 17.5 Å². The van der Waals surface area contributed by atoms with Crippen molar-refractivity contribution in [2.45, 2.75) is 6.10 Å². The van der Waals surface area contributed by atoms with Crippen LogP contribution in [-0.2, 0) is 4.74 Å². The Morgan fingerprint density at radius 2 is 2.03 bits per heavy atom. The van der Waals surface area contributed by atoms with Gasteiger partial charge in [0.1, 0.15) is 23.9 Å².